The average molecular weight is 447 g/mol. The molecule has 2 aliphatic rings. The number of rotatable bonds is 10. The van der Waals surface area contributed by atoms with Gasteiger partial charge in [-0.25, -0.2) is 0 Å². The molecule has 0 radical (unpaired) electrons. The molecule has 2 fully saturated rings. The number of carbonyl (C=O) groups excluding carboxylic acids is 3. The minimum absolute atomic E-state index is 0.0682. The quantitative estimate of drug-likeness (QED) is 0.512. The lowest BCUT2D eigenvalue weighted by molar-refractivity contribution is -0.143. The monoisotopic (exact) mass is 446 g/mol. The summed E-state index contributed by atoms with van der Waals surface area (Å²) in [4.78, 5) is 42.5. The van der Waals surface area contributed by atoms with Gasteiger partial charge in [0.25, 0.3) is 0 Å². The summed E-state index contributed by atoms with van der Waals surface area (Å²) >= 11 is 0. The van der Waals surface area contributed by atoms with Gasteiger partial charge in [0.05, 0.1) is 31.8 Å². The molecule has 0 aromatic heterocycles. The van der Waals surface area contributed by atoms with Crippen LogP contribution < -0.4 is 4.74 Å². The third-order valence-corrected chi connectivity index (χ3v) is 6.49. The number of likely N-dealkylation sites (tertiary alicyclic amines) is 1. The molecule has 3 amide bonds. The molecule has 32 heavy (non-hydrogen) atoms. The smallest absolute Gasteiger partial charge is 0.241 e. The van der Waals surface area contributed by atoms with Gasteiger partial charge < -0.3 is 19.1 Å². The van der Waals surface area contributed by atoms with E-state index in [0.717, 1.165) is 32.3 Å². The van der Waals surface area contributed by atoms with Crippen LogP contribution in [0.2, 0.25) is 0 Å². The number of benzene rings is 1. The zero-order chi connectivity index (χ0) is 23.1. The van der Waals surface area contributed by atoms with Gasteiger partial charge in [0.2, 0.25) is 17.7 Å². The number of amides is 3. The molecule has 0 N–H and O–H groups in total. The predicted molar refractivity (Wildman–Crippen MR) is 118 cm³/mol. The Morgan fingerprint density at radius 1 is 1.25 bits per heavy atom. The molecule has 3 rings (SSSR count). The lowest BCUT2D eigenvalue weighted by Gasteiger charge is -2.31. The molecule has 0 aliphatic carbocycles. The van der Waals surface area contributed by atoms with Crippen LogP contribution in [0.3, 0.4) is 0 Å². The molecule has 0 spiro atoms. The second-order valence-electron chi connectivity index (χ2n) is 8.57. The van der Waals surface area contributed by atoms with Crippen LogP contribution in [-0.4, -0.2) is 81.2 Å². The Balaban J connectivity index is 1.82. The summed E-state index contributed by atoms with van der Waals surface area (Å²) in [6.07, 6.45) is 4.01. The minimum Gasteiger partial charge on any atom is -0.496 e. The number of nitrogens with zero attached hydrogens (tertiary/aromatic N) is 2. The number of ether oxygens (including phenoxy) is 3. The number of carbonyl (C=O) groups is 3. The van der Waals surface area contributed by atoms with E-state index < -0.39 is 5.41 Å². The molecule has 0 saturated carbocycles. The number of methoxy groups -OCH3 is 2. The predicted octanol–water partition coefficient (Wildman–Crippen LogP) is 2.15. The van der Waals surface area contributed by atoms with E-state index in [1.54, 1.807) is 36.2 Å². The molecule has 8 nitrogen and oxygen atoms in total. The summed E-state index contributed by atoms with van der Waals surface area (Å²) in [7, 11) is 4.78. The largest absolute Gasteiger partial charge is 0.496 e. The molecule has 2 saturated heterocycles. The second-order valence-corrected chi connectivity index (χ2v) is 8.57. The van der Waals surface area contributed by atoms with Crippen LogP contribution in [0, 0.1) is 0 Å². The van der Waals surface area contributed by atoms with Crippen molar-refractivity contribution in [2.45, 2.75) is 50.0 Å². The molecule has 2 atom stereocenters. The van der Waals surface area contributed by atoms with Gasteiger partial charge in [-0.2, -0.15) is 0 Å². The Bertz CT molecular complexity index is 822. The van der Waals surface area contributed by atoms with Gasteiger partial charge in [0.1, 0.15) is 5.75 Å². The fraction of sp³-hybridized carbons (Fsp3) is 0.625. The Morgan fingerprint density at radius 2 is 2.03 bits per heavy atom. The summed E-state index contributed by atoms with van der Waals surface area (Å²) < 4.78 is 16.3. The van der Waals surface area contributed by atoms with Gasteiger partial charge in [0, 0.05) is 45.7 Å². The summed E-state index contributed by atoms with van der Waals surface area (Å²) in [5.74, 6) is -0.361. The molecule has 2 aliphatic heterocycles. The standard InChI is InChI=1S/C24H34N2O6/c1-25(12-11-18-8-6-7-14-32-18)21(27)16-24(19-9-4-5-10-20(19)31-3)17-22(28)26(23(24)29)13-15-30-2/h4-5,9-10,18H,6-8,11-17H2,1-3H3/t18-,24-/m1/s1. The van der Waals surface area contributed by atoms with Gasteiger partial charge in [-0.3, -0.25) is 19.3 Å². The van der Waals surface area contributed by atoms with Gasteiger partial charge >= 0.3 is 0 Å². The molecule has 1 aromatic carbocycles. The maximum absolute atomic E-state index is 13.6. The first kappa shape index (κ1) is 24.2. The molecule has 8 heteroatoms. The highest BCUT2D eigenvalue weighted by molar-refractivity contribution is 6.11. The highest BCUT2D eigenvalue weighted by Crippen LogP contribution is 2.44. The van der Waals surface area contributed by atoms with Gasteiger partial charge in [-0.05, 0) is 31.7 Å². The van der Waals surface area contributed by atoms with Gasteiger partial charge in [0.15, 0.2) is 0 Å². The molecule has 0 unspecified atom stereocenters. The first-order valence-electron chi connectivity index (χ1n) is 11.3. The molecule has 2 heterocycles. The Kier molecular flexibility index (Phi) is 8.26. The molecule has 0 bridgehead atoms. The van der Waals surface area contributed by atoms with Crippen molar-refractivity contribution < 1.29 is 28.6 Å². The summed E-state index contributed by atoms with van der Waals surface area (Å²) in [6.45, 7) is 1.72. The van der Waals surface area contributed by atoms with E-state index in [9.17, 15) is 14.4 Å². The zero-order valence-corrected chi connectivity index (χ0v) is 19.3. The highest BCUT2D eigenvalue weighted by atomic mass is 16.5. The van der Waals surface area contributed by atoms with Crippen LogP contribution >= 0.6 is 0 Å². The molecular formula is C24H34N2O6. The Labute approximate surface area is 189 Å². The van der Waals surface area contributed by atoms with Crippen LogP contribution in [0.1, 0.15) is 44.1 Å². The summed E-state index contributed by atoms with van der Waals surface area (Å²) in [5, 5.41) is 0. The number of hydrogen-bond acceptors (Lipinski definition) is 6. The topological polar surface area (TPSA) is 85.4 Å². The van der Waals surface area contributed by atoms with Gasteiger partial charge in [-0.1, -0.05) is 18.2 Å². The maximum Gasteiger partial charge on any atom is 0.241 e. The SMILES string of the molecule is COCCN1C(=O)C[C@](CC(=O)N(C)CC[C@H]2CCCCO2)(c2ccccc2OC)C1=O. The number of hydrogen-bond donors (Lipinski definition) is 0. The maximum atomic E-state index is 13.6. The van der Waals surface area contributed by atoms with E-state index in [1.807, 2.05) is 0 Å². The second kappa shape index (κ2) is 10.9. The van der Waals surface area contributed by atoms with Crippen LogP contribution in [0.25, 0.3) is 0 Å². The third-order valence-electron chi connectivity index (χ3n) is 6.49. The Hall–Kier alpha value is -2.45. The van der Waals surface area contributed by atoms with Crippen molar-refractivity contribution >= 4 is 17.7 Å². The number of para-hydroxylation sites is 1. The highest BCUT2D eigenvalue weighted by Gasteiger charge is 2.55. The normalized spacial score (nSPS) is 23.5. The van der Waals surface area contributed by atoms with Crippen molar-refractivity contribution in [1.82, 2.24) is 9.80 Å². The van der Waals surface area contributed by atoms with Crippen molar-refractivity contribution in [2.75, 3.05) is 47.6 Å². The first-order valence-corrected chi connectivity index (χ1v) is 11.3. The van der Waals surface area contributed by atoms with E-state index in [1.165, 1.54) is 19.1 Å². The molecular weight excluding hydrogens is 412 g/mol. The lowest BCUT2D eigenvalue weighted by Crippen LogP contribution is -2.44. The fourth-order valence-electron chi connectivity index (χ4n) is 4.58. The van der Waals surface area contributed by atoms with Gasteiger partial charge in [-0.15, -0.1) is 0 Å². The molecule has 1 aromatic rings. The van der Waals surface area contributed by atoms with Crippen molar-refractivity contribution in [2.24, 2.45) is 0 Å². The summed E-state index contributed by atoms with van der Waals surface area (Å²) in [5.41, 5.74) is -0.720. The number of imide groups is 1. The Morgan fingerprint density at radius 3 is 2.72 bits per heavy atom. The van der Waals surface area contributed by atoms with E-state index >= 15 is 0 Å². The van der Waals surface area contributed by atoms with Crippen molar-refractivity contribution in [3.05, 3.63) is 29.8 Å². The van der Waals surface area contributed by atoms with Crippen LogP contribution in [0.4, 0.5) is 0 Å². The first-order chi connectivity index (χ1) is 15.4. The zero-order valence-electron chi connectivity index (χ0n) is 19.3. The van der Waals surface area contributed by atoms with E-state index in [0.29, 0.717) is 17.9 Å². The average Bonchev–Trinajstić information content (AvgIpc) is 3.05. The third kappa shape index (κ3) is 5.13. The van der Waals surface area contributed by atoms with E-state index in [4.69, 9.17) is 14.2 Å². The van der Waals surface area contributed by atoms with Crippen LogP contribution in [-0.2, 0) is 29.3 Å². The van der Waals surface area contributed by atoms with Crippen molar-refractivity contribution in [3.8, 4) is 5.75 Å². The van der Waals surface area contributed by atoms with Crippen molar-refractivity contribution in [3.63, 3.8) is 0 Å². The van der Waals surface area contributed by atoms with Crippen molar-refractivity contribution in [1.29, 1.82) is 0 Å². The van der Waals surface area contributed by atoms with Crippen LogP contribution in [0.15, 0.2) is 24.3 Å². The summed E-state index contributed by atoms with van der Waals surface area (Å²) in [6, 6.07) is 7.12. The van der Waals surface area contributed by atoms with Crippen LogP contribution in [0.5, 0.6) is 5.75 Å². The fourth-order valence-corrected chi connectivity index (χ4v) is 4.58. The van der Waals surface area contributed by atoms with E-state index in [2.05, 4.69) is 0 Å². The lowest BCUT2D eigenvalue weighted by atomic mass is 9.75. The van der Waals surface area contributed by atoms with E-state index in [-0.39, 0.29) is 49.8 Å². The molecule has 176 valence electrons. The minimum atomic E-state index is -1.29.